The molecule has 2 fully saturated rings. The molecule has 0 radical (unpaired) electrons. The highest BCUT2D eigenvalue weighted by molar-refractivity contribution is 7.14. The Labute approximate surface area is 198 Å². The van der Waals surface area contributed by atoms with Gasteiger partial charge in [0.15, 0.2) is 28.4 Å². The van der Waals surface area contributed by atoms with Crippen LogP contribution in [-0.4, -0.2) is 48.8 Å². The van der Waals surface area contributed by atoms with Gasteiger partial charge in [0.1, 0.15) is 10.5 Å². The molecular formula is C22H15F5N4O3S. The number of alkyl halides is 3. The maximum absolute atomic E-state index is 14.2. The van der Waals surface area contributed by atoms with Crippen molar-refractivity contribution >= 4 is 23.3 Å². The van der Waals surface area contributed by atoms with Crippen LogP contribution in [0.2, 0.25) is 0 Å². The molecule has 2 heterocycles. The van der Waals surface area contributed by atoms with Crippen LogP contribution in [0.25, 0.3) is 10.6 Å². The van der Waals surface area contributed by atoms with Crippen molar-refractivity contribution in [1.29, 1.82) is 0 Å². The Hall–Kier alpha value is -3.61. The van der Waals surface area contributed by atoms with Crippen LogP contribution >= 0.6 is 11.3 Å². The van der Waals surface area contributed by atoms with Crippen LogP contribution in [0, 0.1) is 11.6 Å². The van der Waals surface area contributed by atoms with Gasteiger partial charge in [-0.3, -0.25) is 4.79 Å². The lowest BCUT2D eigenvalue weighted by atomic mass is 10.0. The number of imide groups is 1. The van der Waals surface area contributed by atoms with Crippen LogP contribution in [0.5, 0.6) is 5.75 Å². The molecular weight excluding hydrogens is 495 g/mol. The first-order chi connectivity index (χ1) is 16.5. The molecule has 1 aromatic heterocycles. The van der Waals surface area contributed by atoms with Crippen molar-refractivity contribution in [1.82, 2.24) is 20.0 Å². The zero-order chi connectivity index (χ0) is 25.1. The molecule has 0 bridgehead atoms. The average Bonchev–Trinajstić information content (AvgIpc) is 3.45. The molecule has 3 aromatic rings. The molecule has 3 amide bonds. The van der Waals surface area contributed by atoms with E-state index in [9.17, 15) is 36.6 Å². The van der Waals surface area contributed by atoms with E-state index in [1.165, 1.54) is 30.3 Å². The molecule has 1 atom stereocenters. The number of aromatic hydroxyl groups is 1. The minimum absolute atomic E-state index is 0.0371. The quantitative estimate of drug-likeness (QED) is 0.394. The van der Waals surface area contributed by atoms with Crippen LogP contribution in [0.15, 0.2) is 42.5 Å². The second-order valence-electron chi connectivity index (χ2n) is 8.19. The van der Waals surface area contributed by atoms with Gasteiger partial charge in [0.05, 0.1) is 12.1 Å². The molecule has 0 unspecified atom stereocenters. The first-order valence-corrected chi connectivity index (χ1v) is 11.1. The van der Waals surface area contributed by atoms with Gasteiger partial charge in [0.2, 0.25) is 0 Å². The molecule has 182 valence electrons. The number of nitrogens with zero attached hydrogens (tertiary/aromatic N) is 4. The van der Waals surface area contributed by atoms with Crippen molar-refractivity contribution in [2.75, 3.05) is 0 Å². The second-order valence-corrected chi connectivity index (χ2v) is 9.25. The highest BCUT2D eigenvalue weighted by Crippen LogP contribution is 2.53. The van der Waals surface area contributed by atoms with Gasteiger partial charge in [-0.05, 0) is 30.5 Å². The Balaban J connectivity index is 1.46. The van der Waals surface area contributed by atoms with Crippen molar-refractivity contribution < 1.29 is 36.6 Å². The van der Waals surface area contributed by atoms with Crippen LogP contribution in [-0.2, 0) is 11.3 Å². The topological polar surface area (TPSA) is 86.6 Å². The fourth-order valence-electron chi connectivity index (χ4n) is 4.18. The summed E-state index contributed by atoms with van der Waals surface area (Å²) in [5.74, 6) is -4.54. The van der Waals surface area contributed by atoms with Crippen molar-refractivity contribution in [3.63, 3.8) is 0 Å². The normalized spacial score (nSPS) is 18.0. The SMILES string of the molecule is O=C1N([C@@H](c2ccccc2)C(F)(F)F)C(=O)C2(CC2)N1Cc1nnc(-c2ccc(F)c(O)c2F)s1. The smallest absolute Gasteiger partial charge is 0.413 e. The maximum Gasteiger partial charge on any atom is 0.413 e. The predicted molar refractivity (Wildman–Crippen MR) is 112 cm³/mol. The van der Waals surface area contributed by atoms with Crippen molar-refractivity contribution in [2.45, 2.75) is 37.1 Å². The number of carbonyl (C=O) groups is 2. The molecule has 2 aliphatic rings. The van der Waals surface area contributed by atoms with Crippen LogP contribution in [0.1, 0.15) is 29.5 Å². The zero-order valence-electron chi connectivity index (χ0n) is 17.6. The lowest BCUT2D eigenvalue weighted by molar-refractivity contribution is -0.182. The lowest BCUT2D eigenvalue weighted by Crippen LogP contribution is -2.43. The third-order valence-electron chi connectivity index (χ3n) is 6.04. The number of phenols is 1. The molecule has 1 aliphatic heterocycles. The third-order valence-corrected chi connectivity index (χ3v) is 6.98. The first-order valence-electron chi connectivity index (χ1n) is 10.3. The predicted octanol–water partition coefficient (Wildman–Crippen LogP) is 4.79. The number of benzene rings is 2. The van der Waals surface area contributed by atoms with E-state index in [0.717, 1.165) is 28.4 Å². The number of aromatic nitrogens is 2. The minimum atomic E-state index is -4.91. The van der Waals surface area contributed by atoms with E-state index < -0.39 is 47.1 Å². The van der Waals surface area contributed by atoms with Gasteiger partial charge in [0.25, 0.3) is 5.91 Å². The monoisotopic (exact) mass is 510 g/mol. The van der Waals surface area contributed by atoms with E-state index in [0.29, 0.717) is 0 Å². The summed E-state index contributed by atoms with van der Waals surface area (Å²) < 4.78 is 69.8. The highest BCUT2D eigenvalue weighted by Gasteiger charge is 2.68. The number of halogens is 5. The standard InChI is InChI=1S/C22H15F5N4O3S/c23-13-7-6-12(15(24)16(13)32)18-29-28-14(35-18)10-30-20(34)31(19(33)21(30)8-9-21)17(22(25,26)27)11-4-2-1-3-5-11/h1-7,17,32H,8-10H2/t17-/m0/s1. The van der Waals surface area contributed by atoms with Crippen LogP contribution in [0.4, 0.5) is 26.7 Å². The van der Waals surface area contributed by atoms with Crippen molar-refractivity contribution in [2.24, 2.45) is 0 Å². The molecule has 35 heavy (non-hydrogen) atoms. The van der Waals surface area contributed by atoms with Gasteiger partial charge in [0, 0.05) is 0 Å². The number of phenolic OH excluding ortho intramolecular Hbond substituents is 1. The molecule has 5 rings (SSSR count). The number of hydrogen-bond donors (Lipinski definition) is 1. The highest BCUT2D eigenvalue weighted by atomic mass is 32.1. The molecule has 1 aliphatic carbocycles. The molecule has 1 saturated carbocycles. The summed E-state index contributed by atoms with van der Waals surface area (Å²) in [6, 6.07) is 5.03. The van der Waals surface area contributed by atoms with E-state index in [1.54, 1.807) is 0 Å². The van der Waals surface area contributed by atoms with Gasteiger partial charge in [-0.25, -0.2) is 18.5 Å². The largest absolute Gasteiger partial charge is 0.503 e. The van der Waals surface area contributed by atoms with E-state index in [2.05, 4.69) is 10.2 Å². The van der Waals surface area contributed by atoms with Crippen molar-refractivity contribution in [3.8, 4) is 16.3 Å². The van der Waals surface area contributed by atoms with Crippen LogP contribution in [0.3, 0.4) is 0 Å². The molecule has 2 aromatic carbocycles. The molecule has 7 nitrogen and oxygen atoms in total. The summed E-state index contributed by atoms with van der Waals surface area (Å²) in [5.41, 5.74) is -1.88. The average molecular weight is 510 g/mol. The van der Waals surface area contributed by atoms with Gasteiger partial charge in [-0.15, -0.1) is 10.2 Å². The number of hydrogen-bond acceptors (Lipinski definition) is 6. The summed E-state index contributed by atoms with van der Waals surface area (Å²) in [5, 5.41) is 17.2. The minimum Gasteiger partial charge on any atom is -0.503 e. The Bertz CT molecular complexity index is 1330. The summed E-state index contributed by atoms with van der Waals surface area (Å²) in [6.07, 6.45) is -4.52. The second kappa shape index (κ2) is 7.97. The summed E-state index contributed by atoms with van der Waals surface area (Å²) >= 11 is 0.803. The van der Waals surface area contributed by atoms with Gasteiger partial charge >= 0.3 is 12.2 Å². The third kappa shape index (κ3) is 3.70. The molecule has 13 heteroatoms. The summed E-state index contributed by atoms with van der Waals surface area (Å²) in [7, 11) is 0. The molecule has 1 saturated heterocycles. The van der Waals surface area contributed by atoms with Crippen LogP contribution < -0.4 is 0 Å². The lowest BCUT2D eigenvalue weighted by Gasteiger charge is -2.28. The van der Waals surface area contributed by atoms with E-state index in [4.69, 9.17) is 0 Å². The summed E-state index contributed by atoms with van der Waals surface area (Å²) in [6.45, 7) is -0.326. The fraction of sp³-hybridized carbons (Fsp3) is 0.273. The number of amides is 3. The number of rotatable bonds is 5. The summed E-state index contributed by atoms with van der Waals surface area (Å²) in [4.78, 5) is 27.6. The number of carbonyl (C=O) groups excluding carboxylic acids is 2. The Kier molecular flexibility index (Phi) is 5.27. The van der Waals surface area contributed by atoms with Gasteiger partial charge < -0.3 is 10.0 Å². The Morgan fingerprint density at radius 3 is 2.37 bits per heavy atom. The Morgan fingerprint density at radius 1 is 1.06 bits per heavy atom. The first kappa shape index (κ1) is 23.1. The zero-order valence-corrected chi connectivity index (χ0v) is 18.4. The van der Waals surface area contributed by atoms with Crippen molar-refractivity contribution in [3.05, 3.63) is 64.7 Å². The molecule has 1 N–H and O–H groups in total. The van der Waals surface area contributed by atoms with E-state index in [1.807, 2.05) is 0 Å². The van der Waals surface area contributed by atoms with E-state index >= 15 is 0 Å². The maximum atomic E-state index is 14.2. The Morgan fingerprint density at radius 2 is 1.74 bits per heavy atom. The van der Waals surface area contributed by atoms with Gasteiger partial charge in [-0.2, -0.15) is 13.2 Å². The fourth-order valence-corrected chi connectivity index (χ4v) is 5.02. The van der Waals surface area contributed by atoms with E-state index in [-0.39, 0.29) is 45.4 Å². The van der Waals surface area contributed by atoms with Gasteiger partial charge in [-0.1, -0.05) is 41.7 Å². The number of urea groups is 1. The molecule has 1 spiro atoms.